The molecule has 3 N–H and O–H groups in total. The van der Waals surface area contributed by atoms with Crippen molar-refractivity contribution in [2.24, 2.45) is 0 Å². The number of nitrogen functional groups attached to an aromatic ring is 1. The van der Waals surface area contributed by atoms with Gasteiger partial charge in [0, 0.05) is 24.3 Å². The number of aromatic nitrogens is 1. The fourth-order valence-electron chi connectivity index (χ4n) is 4.90. The number of likely N-dealkylation sites (tertiary alicyclic amines) is 1. The van der Waals surface area contributed by atoms with E-state index in [1.807, 2.05) is 30.9 Å². The first-order valence-corrected chi connectivity index (χ1v) is 12.6. The number of hydrogen-bond donors (Lipinski definition) is 2. The summed E-state index contributed by atoms with van der Waals surface area (Å²) in [6.45, 7) is 4.09. The zero-order valence-corrected chi connectivity index (χ0v) is 20.4. The Bertz CT molecular complexity index is 911. The first-order chi connectivity index (χ1) is 16.6. The number of rotatable bonds is 7. The van der Waals surface area contributed by atoms with Crippen LogP contribution in [0.3, 0.4) is 0 Å². The summed E-state index contributed by atoms with van der Waals surface area (Å²) >= 11 is 0. The van der Waals surface area contributed by atoms with Crippen molar-refractivity contribution in [3.8, 4) is 11.1 Å². The maximum Gasteiger partial charge on any atom is 0.255 e. The van der Waals surface area contributed by atoms with Crippen molar-refractivity contribution in [2.75, 3.05) is 32.2 Å². The molecule has 1 atom stereocenters. The number of alkyl halides is 2. The molecule has 1 saturated carbocycles. The molecule has 2 heterocycles. The molecule has 7 heteroatoms. The van der Waals surface area contributed by atoms with Gasteiger partial charge in [0.05, 0.1) is 11.6 Å². The van der Waals surface area contributed by atoms with Crippen LogP contribution in [0.25, 0.3) is 11.1 Å². The number of amides is 1. The number of carbonyl (C=O) groups excluding carboxylic acids is 1. The Balaban J connectivity index is 0.00000158. The van der Waals surface area contributed by atoms with Gasteiger partial charge in [-0.2, -0.15) is 0 Å². The second-order valence-corrected chi connectivity index (χ2v) is 9.03. The van der Waals surface area contributed by atoms with Crippen molar-refractivity contribution >= 4 is 11.7 Å². The van der Waals surface area contributed by atoms with Gasteiger partial charge >= 0.3 is 0 Å². The summed E-state index contributed by atoms with van der Waals surface area (Å²) in [7, 11) is 0. The molecule has 2 fully saturated rings. The van der Waals surface area contributed by atoms with Crippen LogP contribution in [-0.2, 0) is 0 Å². The van der Waals surface area contributed by atoms with Crippen molar-refractivity contribution < 1.29 is 13.6 Å². The van der Waals surface area contributed by atoms with Gasteiger partial charge in [-0.25, -0.2) is 13.8 Å². The van der Waals surface area contributed by atoms with Crippen molar-refractivity contribution in [1.82, 2.24) is 15.2 Å². The second kappa shape index (κ2) is 12.8. The molecule has 186 valence electrons. The summed E-state index contributed by atoms with van der Waals surface area (Å²) < 4.78 is 26.0. The Morgan fingerprint density at radius 3 is 2.41 bits per heavy atom. The molecule has 0 bridgehead atoms. The summed E-state index contributed by atoms with van der Waals surface area (Å²) in [6, 6.07) is 9.52. The summed E-state index contributed by atoms with van der Waals surface area (Å²) in [6.07, 6.45) is 8.12. The average Bonchev–Trinajstić information content (AvgIpc) is 3.37. The fourth-order valence-corrected chi connectivity index (χ4v) is 4.90. The van der Waals surface area contributed by atoms with Crippen LogP contribution in [0, 0.1) is 0 Å². The van der Waals surface area contributed by atoms with E-state index in [2.05, 4.69) is 22.4 Å². The number of anilines is 1. The highest BCUT2D eigenvalue weighted by Gasteiger charge is 2.29. The van der Waals surface area contributed by atoms with Gasteiger partial charge in [0.1, 0.15) is 19.2 Å². The molecule has 1 aromatic heterocycles. The molecule has 1 amide bonds. The predicted molar refractivity (Wildman–Crippen MR) is 134 cm³/mol. The highest BCUT2D eigenvalue weighted by atomic mass is 19.1. The molecule has 0 radical (unpaired) electrons. The largest absolute Gasteiger partial charge is 0.383 e. The Kier molecular flexibility index (Phi) is 9.81. The lowest BCUT2D eigenvalue weighted by Gasteiger charge is -2.23. The smallest absolute Gasteiger partial charge is 0.255 e. The minimum atomic E-state index is -0.650. The molecule has 4 rings (SSSR count). The number of carbonyl (C=O) groups is 1. The third-order valence-corrected chi connectivity index (χ3v) is 6.91. The first-order valence-electron chi connectivity index (χ1n) is 12.6. The van der Waals surface area contributed by atoms with Crippen LogP contribution in [0.15, 0.2) is 36.5 Å². The SMILES string of the molecule is CC.Nc1ncc(-c2ccc(C3CCN(C(CF)CF)C3)cc2)cc1C(=O)NC1CCCCC1. The van der Waals surface area contributed by atoms with Crippen LogP contribution in [0.1, 0.15) is 74.2 Å². The molecule has 2 aromatic rings. The number of nitrogens with two attached hydrogens (primary N) is 1. The third kappa shape index (κ3) is 6.32. The van der Waals surface area contributed by atoms with Gasteiger partial charge in [0.15, 0.2) is 0 Å². The van der Waals surface area contributed by atoms with Crippen LogP contribution >= 0.6 is 0 Å². The second-order valence-electron chi connectivity index (χ2n) is 9.03. The molecule has 5 nitrogen and oxygen atoms in total. The molecule has 1 aromatic carbocycles. The highest BCUT2D eigenvalue weighted by molar-refractivity contribution is 5.99. The standard InChI is InChI=1S/C25H32F2N4O.C2H6/c26-13-22(14-27)31-11-10-19(16-31)17-6-8-18(9-7-17)20-12-23(24(28)29-15-20)25(32)30-21-4-2-1-3-5-21;1-2/h6-9,12,15,19,21-22H,1-5,10-11,13-14,16H2,(H2,28,29)(H,30,32);1-2H3. The lowest BCUT2D eigenvalue weighted by molar-refractivity contribution is 0.0928. The lowest BCUT2D eigenvalue weighted by atomic mass is 9.94. The predicted octanol–water partition coefficient (Wildman–Crippen LogP) is 5.52. The normalized spacial score (nSPS) is 19.0. The minimum absolute atomic E-state index is 0.165. The van der Waals surface area contributed by atoms with Crippen molar-refractivity contribution in [2.45, 2.75) is 70.4 Å². The van der Waals surface area contributed by atoms with Crippen LogP contribution in [0.4, 0.5) is 14.6 Å². The molecule has 1 saturated heterocycles. The first kappa shape index (κ1) is 26.1. The van der Waals surface area contributed by atoms with E-state index in [9.17, 15) is 13.6 Å². The molecular formula is C27H38F2N4O. The number of nitrogens with zero attached hydrogens (tertiary/aromatic N) is 2. The van der Waals surface area contributed by atoms with Gasteiger partial charge in [-0.1, -0.05) is 57.4 Å². The number of hydrogen-bond acceptors (Lipinski definition) is 4. The summed E-state index contributed by atoms with van der Waals surface area (Å²) in [5.74, 6) is 0.340. The molecule has 34 heavy (non-hydrogen) atoms. The Morgan fingerprint density at radius 2 is 1.76 bits per heavy atom. The van der Waals surface area contributed by atoms with Crippen LogP contribution < -0.4 is 11.1 Å². The maximum absolute atomic E-state index is 13.0. The number of benzene rings is 1. The van der Waals surface area contributed by atoms with Crippen LogP contribution in [-0.4, -0.2) is 54.3 Å². The molecule has 1 unspecified atom stereocenters. The van der Waals surface area contributed by atoms with Crippen LogP contribution in [0.2, 0.25) is 0 Å². The minimum Gasteiger partial charge on any atom is -0.383 e. The summed E-state index contributed by atoms with van der Waals surface area (Å²) in [5, 5.41) is 3.11. The Hall–Kier alpha value is -2.54. The molecule has 0 spiro atoms. The van der Waals surface area contributed by atoms with Gasteiger partial charge in [0.2, 0.25) is 0 Å². The fraction of sp³-hybridized carbons (Fsp3) is 0.556. The number of pyridine rings is 1. The molecule has 1 aliphatic carbocycles. The van der Waals surface area contributed by atoms with Gasteiger partial charge in [0.25, 0.3) is 5.91 Å². The van der Waals surface area contributed by atoms with Crippen molar-refractivity contribution in [3.63, 3.8) is 0 Å². The molecular weight excluding hydrogens is 434 g/mol. The van der Waals surface area contributed by atoms with E-state index in [0.717, 1.165) is 48.8 Å². The number of nitrogens with one attached hydrogen (secondary N) is 1. The quantitative estimate of drug-likeness (QED) is 0.557. The van der Waals surface area contributed by atoms with E-state index in [4.69, 9.17) is 5.73 Å². The van der Waals surface area contributed by atoms with E-state index in [1.165, 1.54) is 6.42 Å². The third-order valence-electron chi connectivity index (χ3n) is 6.91. The zero-order chi connectivity index (χ0) is 24.5. The van der Waals surface area contributed by atoms with Gasteiger partial charge in [-0.15, -0.1) is 0 Å². The zero-order valence-electron chi connectivity index (χ0n) is 20.4. The monoisotopic (exact) mass is 472 g/mol. The molecule has 2 aliphatic rings. The summed E-state index contributed by atoms with van der Waals surface area (Å²) in [4.78, 5) is 19.0. The maximum atomic E-state index is 13.0. The molecule has 1 aliphatic heterocycles. The topological polar surface area (TPSA) is 71.2 Å². The Morgan fingerprint density at radius 1 is 1.09 bits per heavy atom. The average molecular weight is 473 g/mol. The highest BCUT2D eigenvalue weighted by Crippen LogP contribution is 2.31. The summed E-state index contributed by atoms with van der Waals surface area (Å²) in [5.41, 5.74) is 9.37. The van der Waals surface area contributed by atoms with Gasteiger partial charge in [-0.3, -0.25) is 9.69 Å². The number of halogens is 2. The van der Waals surface area contributed by atoms with E-state index < -0.39 is 19.4 Å². The van der Waals surface area contributed by atoms with Crippen molar-refractivity contribution in [1.29, 1.82) is 0 Å². The van der Waals surface area contributed by atoms with E-state index >= 15 is 0 Å². The lowest BCUT2D eigenvalue weighted by Crippen LogP contribution is -2.36. The van der Waals surface area contributed by atoms with Gasteiger partial charge < -0.3 is 11.1 Å². The Labute approximate surface area is 202 Å². The van der Waals surface area contributed by atoms with Crippen LogP contribution in [0.5, 0.6) is 0 Å². The van der Waals surface area contributed by atoms with E-state index in [0.29, 0.717) is 18.7 Å². The van der Waals surface area contributed by atoms with Crippen molar-refractivity contribution in [3.05, 3.63) is 47.7 Å². The van der Waals surface area contributed by atoms with E-state index in [-0.39, 0.29) is 23.7 Å². The van der Waals surface area contributed by atoms with E-state index in [1.54, 1.807) is 12.3 Å². The van der Waals surface area contributed by atoms with Gasteiger partial charge in [-0.05, 0) is 48.9 Å².